The maximum atomic E-state index is 13.3. The van der Waals surface area contributed by atoms with Gasteiger partial charge in [-0.05, 0) is 62.9 Å². The molecule has 174 valence electrons. The summed E-state index contributed by atoms with van der Waals surface area (Å²) < 4.78 is 5.82. The number of carbonyl (C=O) groups is 2. The van der Waals surface area contributed by atoms with Crippen LogP contribution in [0, 0.1) is 13.8 Å². The summed E-state index contributed by atoms with van der Waals surface area (Å²) in [6, 6.07) is 10.3. The third kappa shape index (κ3) is 7.14. The highest BCUT2D eigenvalue weighted by Gasteiger charge is 2.30. The summed E-state index contributed by atoms with van der Waals surface area (Å²) in [6.07, 6.45) is 1.26. The van der Waals surface area contributed by atoms with Gasteiger partial charge in [-0.25, -0.2) is 0 Å². The molecule has 0 spiro atoms. The van der Waals surface area contributed by atoms with Crippen molar-refractivity contribution in [3.8, 4) is 5.75 Å². The lowest BCUT2D eigenvalue weighted by Gasteiger charge is -2.31. The Morgan fingerprint density at radius 1 is 1.06 bits per heavy atom. The molecular formula is C25H32Cl2N2O3. The monoisotopic (exact) mass is 478 g/mol. The number of ether oxygens (including phenoxy) is 1. The van der Waals surface area contributed by atoms with Crippen molar-refractivity contribution in [2.75, 3.05) is 6.61 Å². The summed E-state index contributed by atoms with van der Waals surface area (Å²) in [5, 5.41) is 3.94. The lowest BCUT2D eigenvalue weighted by molar-refractivity contribution is -0.143. The minimum absolute atomic E-state index is 0.0130. The van der Waals surface area contributed by atoms with E-state index in [1.165, 1.54) is 4.90 Å². The minimum atomic E-state index is -0.647. The number of halogens is 2. The fraction of sp³-hybridized carbons (Fsp3) is 0.440. The number of hydrogen-bond acceptors (Lipinski definition) is 3. The summed E-state index contributed by atoms with van der Waals surface area (Å²) in [6.45, 7) is 9.76. The molecule has 0 heterocycles. The van der Waals surface area contributed by atoms with Crippen molar-refractivity contribution in [1.29, 1.82) is 0 Å². The molecule has 0 aliphatic heterocycles. The Bertz CT molecular complexity index is 949. The maximum absolute atomic E-state index is 13.3. The zero-order chi connectivity index (χ0) is 23.8. The van der Waals surface area contributed by atoms with Gasteiger partial charge in [-0.1, -0.05) is 60.8 Å². The largest absolute Gasteiger partial charge is 0.483 e. The van der Waals surface area contributed by atoms with Gasteiger partial charge >= 0.3 is 0 Å². The molecule has 0 unspecified atom stereocenters. The third-order valence-corrected chi connectivity index (χ3v) is 6.01. The van der Waals surface area contributed by atoms with Gasteiger partial charge in [0.2, 0.25) is 5.91 Å². The normalized spacial score (nSPS) is 12.7. The van der Waals surface area contributed by atoms with Gasteiger partial charge in [0.05, 0.1) is 0 Å². The first kappa shape index (κ1) is 26.0. The summed E-state index contributed by atoms with van der Waals surface area (Å²) in [4.78, 5) is 27.8. The van der Waals surface area contributed by atoms with Crippen LogP contribution in [0.3, 0.4) is 0 Å². The molecule has 0 radical (unpaired) electrons. The first-order valence-corrected chi connectivity index (χ1v) is 11.7. The van der Waals surface area contributed by atoms with Crippen LogP contribution < -0.4 is 10.1 Å². The molecule has 2 rings (SSSR count). The van der Waals surface area contributed by atoms with Gasteiger partial charge in [0.15, 0.2) is 6.61 Å². The topological polar surface area (TPSA) is 58.6 Å². The molecule has 7 heteroatoms. The van der Waals surface area contributed by atoms with Crippen LogP contribution >= 0.6 is 23.2 Å². The Labute approximate surface area is 201 Å². The number of amides is 2. The highest BCUT2D eigenvalue weighted by atomic mass is 35.5. The Hall–Kier alpha value is -2.24. The van der Waals surface area contributed by atoms with Gasteiger partial charge in [0.1, 0.15) is 11.8 Å². The van der Waals surface area contributed by atoms with E-state index in [4.69, 9.17) is 27.9 Å². The first-order valence-electron chi connectivity index (χ1n) is 10.9. The summed E-state index contributed by atoms with van der Waals surface area (Å²) in [7, 11) is 0. The number of rotatable bonds is 10. The molecule has 0 aromatic heterocycles. The van der Waals surface area contributed by atoms with Crippen LogP contribution in [-0.2, 0) is 16.1 Å². The number of hydrogen-bond donors (Lipinski definition) is 1. The average Bonchev–Trinajstić information content (AvgIpc) is 2.74. The maximum Gasteiger partial charge on any atom is 0.261 e. The average molecular weight is 479 g/mol. The van der Waals surface area contributed by atoms with Crippen molar-refractivity contribution in [2.45, 2.75) is 66.1 Å². The van der Waals surface area contributed by atoms with E-state index in [2.05, 4.69) is 5.32 Å². The molecule has 2 aromatic carbocycles. The quantitative estimate of drug-likeness (QED) is 0.475. The molecule has 32 heavy (non-hydrogen) atoms. The zero-order valence-electron chi connectivity index (χ0n) is 19.4. The van der Waals surface area contributed by atoms with Gasteiger partial charge in [0.25, 0.3) is 5.91 Å². The highest BCUT2D eigenvalue weighted by molar-refractivity contribution is 6.35. The van der Waals surface area contributed by atoms with Crippen molar-refractivity contribution in [3.63, 3.8) is 0 Å². The fourth-order valence-electron chi connectivity index (χ4n) is 3.38. The van der Waals surface area contributed by atoms with E-state index < -0.39 is 6.04 Å². The third-order valence-electron chi connectivity index (χ3n) is 5.42. The van der Waals surface area contributed by atoms with Crippen molar-refractivity contribution in [3.05, 3.63) is 63.1 Å². The fourth-order valence-corrected chi connectivity index (χ4v) is 3.85. The Balaban J connectivity index is 2.28. The number of nitrogens with zero attached hydrogens (tertiary/aromatic N) is 1. The van der Waals surface area contributed by atoms with Crippen LogP contribution in [0.5, 0.6) is 5.75 Å². The van der Waals surface area contributed by atoms with Crippen molar-refractivity contribution in [2.24, 2.45) is 0 Å². The molecule has 2 atom stereocenters. The van der Waals surface area contributed by atoms with Crippen molar-refractivity contribution in [1.82, 2.24) is 10.2 Å². The smallest absolute Gasteiger partial charge is 0.261 e. The molecule has 0 saturated carbocycles. The van der Waals surface area contributed by atoms with Crippen LogP contribution in [-0.4, -0.2) is 35.4 Å². The number of benzene rings is 2. The molecule has 0 aliphatic carbocycles. The predicted octanol–water partition coefficient (Wildman–Crippen LogP) is 5.71. The molecule has 0 bridgehead atoms. The van der Waals surface area contributed by atoms with Crippen LogP contribution in [0.2, 0.25) is 10.0 Å². The van der Waals surface area contributed by atoms with Crippen LogP contribution in [0.4, 0.5) is 0 Å². The molecular weight excluding hydrogens is 447 g/mol. The van der Waals surface area contributed by atoms with Crippen molar-refractivity contribution >= 4 is 35.0 Å². The van der Waals surface area contributed by atoms with E-state index in [0.717, 1.165) is 17.5 Å². The molecule has 1 N–H and O–H groups in total. The summed E-state index contributed by atoms with van der Waals surface area (Å²) in [5.41, 5.74) is 2.78. The second-order valence-corrected chi connectivity index (χ2v) is 8.90. The highest BCUT2D eigenvalue weighted by Crippen LogP contribution is 2.24. The predicted molar refractivity (Wildman–Crippen MR) is 130 cm³/mol. The van der Waals surface area contributed by atoms with Gasteiger partial charge in [-0.2, -0.15) is 0 Å². The molecule has 5 nitrogen and oxygen atoms in total. The number of aryl methyl sites for hydroxylation is 2. The van der Waals surface area contributed by atoms with E-state index in [-0.39, 0.29) is 31.0 Å². The molecule has 0 fully saturated rings. The minimum Gasteiger partial charge on any atom is -0.483 e. The molecule has 0 aliphatic rings. The zero-order valence-corrected chi connectivity index (χ0v) is 20.9. The second-order valence-electron chi connectivity index (χ2n) is 8.06. The lowest BCUT2D eigenvalue weighted by atomic mass is 10.1. The molecule has 0 saturated heterocycles. The Morgan fingerprint density at radius 2 is 1.78 bits per heavy atom. The lowest BCUT2D eigenvalue weighted by Crippen LogP contribution is -2.51. The van der Waals surface area contributed by atoms with Gasteiger partial charge in [-0.3, -0.25) is 9.59 Å². The van der Waals surface area contributed by atoms with E-state index in [1.807, 2.05) is 52.8 Å². The number of carbonyl (C=O) groups excluding carboxylic acids is 2. The van der Waals surface area contributed by atoms with E-state index in [0.29, 0.717) is 27.8 Å². The Kier molecular flexibility index (Phi) is 9.85. The van der Waals surface area contributed by atoms with E-state index >= 15 is 0 Å². The molecule has 2 aromatic rings. The van der Waals surface area contributed by atoms with Crippen LogP contribution in [0.15, 0.2) is 36.4 Å². The van der Waals surface area contributed by atoms with Gasteiger partial charge < -0.3 is 15.0 Å². The summed E-state index contributed by atoms with van der Waals surface area (Å²) >= 11 is 12.4. The molecule has 2 amide bonds. The van der Waals surface area contributed by atoms with E-state index in [9.17, 15) is 9.59 Å². The van der Waals surface area contributed by atoms with Gasteiger partial charge in [0, 0.05) is 22.6 Å². The van der Waals surface area contributed by atoms with Gasteiger partial charge in [-0.15, -0.1) is 0 Å². The van der Waals surface area contributed by atoms with Crippen LogP contribution in [0.1, 0.15) is 50.3 Å². The second kappa shape index (κ2) is 12.1. The Morgan fingerprint density at radius 3 is 2.38 bits per heavy atom. The standard InChI is InChI=1S/C25H32Cl2N2O3/c1-6-18(5)28-25(31)22(7-2)29(14-19-9-10-20(26)13-21(19)27)24(30)15-32-23-11-8-16(3)12-17(23)4/h8-13,18,22H,6-7,14-15H2,1-5H3,(H,28,31)/t18-,22+/m0/s1. The first-order chi connectivity index (χ1) is 15.2. The van der Waals surface area contributed by atoms with Crippen LogP contribution in [0.25, 0.3) is 0 Å². The van der Waals surface area contributed by atoms with E-state index in [1.54, 1.807) is 18.2 Å². The number of nitrogens with one attached hydrogen (secondary N) is 1. The van der Waals surface area contributed by atoms with Crippen molar-refractivity contribution < 1.29 is 14.3 Å². The SMILES string of the molecule is CC[C@H](C(=O)N[C@@H](C)CC)N(Cc1ccc(Cl)cc1Cl)C(=O)COc1ccc(C)cc1C. The summed E-state index contributed by atoms with van der Waals surface area (Å²) in [5.74, 6) is 0.166.